The number of alkyl halides is 2. The molecule has 9 heteroatoms. The van der Waals surface area contributed by atoms with Gasteiger partial charge in [0, 0.05) is 0 Å². The van der Waals surface area contributed by atoms with Crippen LogP contribution in [0.1, 0.15) is 52.3 Å². The monoisotopic (exact) mass is 360 g/mol. The maximum atomic E-state index is 12.6. The summed E-state index contributed by atoms with van der Waals surface area (Å²) >= 11 is 0.811. The molecule has 6 nitrogen and oxygen atoms in total. The standard InChI is InChI=1S/C13H12F2N2O4S.C2H6/c14-12(15)21-5-13(3-4-16)2-1-6-7(11(19)20)10(17)22-8(6)9(13)18;1-2/h12H,1-3,5,17H2,(H,19,20);1-2H3. The van der Waals surface area contributed by atoms with Gasteiger partial charge >= 0.3 is 12.6 Å². The summed E-state index contributed by atoms with van der Waals surface area (Å²) in [6, 6.07) is 1.82. The van der Waals surface area contributed by atoms with Crippen LogP contribution >= 0.6 is 11.3 Å². The molecular formula is C15H18F2N2O4S. The zero-order chi connectivity index (χ0) is 18.5. The number of fused-ring (bicyclic) bond motifs is 1. The van der Waals surface area contributed by atoms with Crippen molar-refractivity contribution in [1.29, 1.82) is 5.26 Å². The molecular weight excluding hydrogens is 342 g/mol. The van der Waals surface area contributed by atoms with E-state index in [1.54, 1.807) is 0 Å². The normalized spacial score (nSPS) is 19.2. The number of hydrogen-bond acceptors (Lipinski definition) is 6. The van der Waals surface area contributed by atoms with Gasteiger partial charge in [-0.2, -0.15) is 14.0 Å². The number of nitriles is 1. The van der Waals surface area contributed by atoms with Gasteiger partial charge in [-0.3, -0.25) is 4.79 Å². The Bertz CT molecular complexity index is 669. The molecule has 1 aromatic rings. The molecule has 1 heterocycles. The van der Waals surface area contributed by atoms with Crippen molar-refractivity contribution in [3.63, 3.8) is 0 Å². The average Bonchev–Trinajstić information content (AvgIpc) is 2.88. The van der Waals surface area contributed by atoms with E-state index in [0.29, 0.717) is 5.56 Å². The number of ketones is 1. The Morgan fingerprint density at radius 1 is 1.54 bits per heavy atom. The summed E-state index contributed by atoms with van der Waals surface area (Å²) in [4.78, 5) is 23.9. The first kappa shape index (κ1) is 20.0. The fraction of sp³-hybridized carbons (Fsp3) is 0.533. The lowest BCUT2D eigenvalue weighted by molar-refractivity contribution is -0.146. The van der Waals surface area contributed by atoms with Crippen LogP contribution in [0, 0.1) is 16.7 Å². The van der Waals surface area contributed by atoms with Gasteiger partial charge in [-0.15, -0.1) is 11.3 Å². The summed E-state index contributed by atoms with van der Waals surface area (Å²) in [6.07, 6.45) is -0.0432. The highest BCUT2D eigenvalue weighted by molar-refractivity contribution is 7.18. The number of nitrogens with zero attached hydrogens (tertiary/aromatic N) is 1. The molecule has 1 aliphatic carbocycles. The van der Waals surface area contributed by atoms with Crippen molar-refractivity contribution in [3.8, 4) is 6.07 Å². The van der Waals surface area contributed by atoms with Crippen LogP contribution in [-0.4, -0.2) is 30.1 Å². The van der Waals surface area contributed by atoms with Crippen LogP contribution in [0.25, 0.3) is 0 Å². The summed E-state index contributed by atoms with van der Waals surface area (Å²) in [5.74, 6) is -1.79. The van der Waals surface area contributed by atoms with E-state index in [-0.39, 0.29) is 34.7 Å². The summed E-state index contributed by atoms with van der Waals surface area (Å²) < 4.78 is 28.8. The summed E-state index contributed by atoms with van der Waals surface area (Å²) in [5.41, 5.74) is 4.45. The second-order valence-corrected chi connectivity index (χ2v) is 6.02. The lowest BCUT2D eigenvalue weighted by Crippen LogP contribution is -2.40. The molecule has 0 amide bonds. The van der Waals surface area contributed by atoms with Crippen molar-refractivity contribution < 1.29 is 28.2 Å². The van der Waals surface area contributed by atoms with Gasteiger partial charge in [0.05, 0.1) is 35.0 Å². The minimum Gasteiger partial charge on any atom is -0.478 e. The number of hydrogen-bond donors (Lipinski definition) is 2. The summed E-state index contributed by atoms with van der Waals surface area (Å²) in [7, 11) is 0. The third-order valence-electron chi connectivity index (χ3n) is 3.69. The van der Waals surface area contributed by atoms with E-state index in [0.717, 1.165) is 11.3 Å². The molecule has 0 aliphatic heterocycles. The highest BCUT2D eigenvalue weighted by Crippen LogP contribution is 2.45. The maximum Gasteiger partial charge on any atom is 0.345 e. The lowest BCUT2D eigenvalue weighted by atomic mass is 9.71. The molecule has 0 saturated heterocycles. The Labute approximate surface area is 141 Å². The van der Waals surface area contributed by atoms with Crippen molar-refractivity contribution in [3.05, 3.63) is 16.0 Å². The van der Waals surface area contributed by atoms with E-state index in [1.165, 1.54) is 0 Å². The Kier molecular flexibility index (Phi) is 6.81. The molecule has 3 N–H and O–H groups in total. The number of carbonyl (C=O) groups is 2. The van der Waals surface area contributed by atoms with Crippen LogP contribution < -0.4 is 5.73 Å². The molecule has 0 radical (unpaired) electrons. The van der Waals surface area contributed by atoms with E-state index in [4.69, 9.17) is 16.1 Å². The molecule has 0 fully saturated rings. The van der Waals surface area contributed by atoms with E-state index in [2.05, 4.69) is 4.74 Å². The van der Waals surface area contributed by atoms with Crippen LogP contribution in [-0.2, 0) is 11.2 Å². The topological polar surface area (TPSA) is 113 Å². The lowest BCUT2D eigenvalue weighted by Gasteiger charge is -2.33. The number of carboxylic acids is 1. The molecule has 1 aliphatic rings. The molecule has 0 spiro atoms. The molecule has 1 atom stereocenters. The van der Waals surface area contributed by atoms with Gasteiger partial charge in [0.15, 0.2) is 5.78 Å². The third kappa shape index (κ3) is 3.71. The number of nitrogen functional groups attached to an aromatic ring is 1. The zero-order valence-electron chi connectivity index (χ0n) is 13.3. The molecule has 2 rings (SSSR count). The second-order valence-electron chi connectivity index (χ2n) is 4.97. The van der Waals surface area contributed by atoms with Gasteiger partial charge in [-0.25, -0.2) is 4.79 Å². The average molecular weight is 360 g/mol. The largest absolute Gasteiger partial charge is 0.478 e. The molecule has 0 bridgehead atoms. The Morgan fingerprint density at radius 2 is 2.17 bits per heavy atom. The minimum absolute atomic E-state index is 0.00612. The predicted molar refractivity (Wildman–Crippen MR) is 84.3 cm³/mol. The number of Topliss-reactive ketones (excluding diaryl/α,β-unsaturated/α-hetero) is 1. The van der Waals surface area contributed by atoms with Crippen molar-refractivity contribution in [2.45, 2.75) is 39.7 Å². The van der Waals surface area contributed by atoms with Gasteiger partial charge in [0.25, 0.3) is 0 Å². The van der Waals surface area contributed by atoms with E-state index < -0.39 is 30.4 Å². The number of ether oxygens (including phenoxy) is 1. The van der Waals surface area contributed by atoms with E-state index in [1.807, 2.05) is 19.9 Å². The second kappa shape index (κ2) is 8.17. The maximum absolute atomic E-state index is 12.6. The number of halogens is 2. The number of anilines is 1. The van der Waals surface area contributed by atoms with E-state index in [9.17, 15) is 18.4 Å². The minimum atomic E-state index is -3.05. The first-order valence-corrected chi connectivity index (χ1v) is 8.10. The molecule has 132 valence electrons. The van der Waals surface area contributed by atoms with Crippen molar-refractivity contribution >= 4 is 28.1 Å². The SMILES string of the molecule is CC.N#CCC1(COC(F)F)CCc2c(sc(N)c2C(=O)O)C1=O. The first-order valence-electron chi connectivity index (χ1n) is 7.28. The van der Waals surface area contributed by atoms with Gasteiger partial charge in [0.1, 0.15) is 5.00 Å². The number of carbonyl (C=O) groups excluding carboxylic acids is 1. The highest BCUT2D eigenvalue weighted by atomic mass is 32.1. The fourth-order valence-electron chi connectivity index (χ4n) is 2.59. The molecule has 0 saturated carbocycles. The van der Waals surface area contributed by atoms with Crippen LogP contribution in [0.3, 0.4) is 0 Å². The quantitative estimate of drug-likeness (QED) is 0.833. The number of aromatic carboxylic acids is 1. The number of rotatable bonds is 5. The number of carboxylic acid groups (broad SMARTS) is 1. The molecule has 24 heavy (non-hydrogen) atoms. The van der Waals surface area contributed by atoms with Crippen molar-refractivity contribution in [1.82, 2.24) is 0 Å². The van der Waals surface area contributed by atoms with Crippen LogP contribution in [0.15, 0.2) is 0 Å². The molecule has 1 unspecified atom stereocenters. The van der Waals surface area contributed by atoms with Gasteiger partial charge in [-0.1, -0.05) is 13.8 Å². The van der Waals surface area contributed by atoms with Crippen molar-refractivity contribution in [2.75, 3.05) is 12.3 Å². The van der Waals surface area contributed by atoms with Gasteiger partial charge in [-0.05, 0) is 18.4 Å². The number of thiophene rings is 1. The fourth-order valence-corrected chi connectivity index (χ4v) is 3.76. The van der Waals surface area contributed by atoms with E-state index >= 15 is 0 Å². The smallest absolute Gasteiger partial charge is 0.345 e. The summed E-state index contributed by atoms with van der Waals surface area (Å²) in [6.45, 7) is 0.365. The highest BCUT2D eigenvalue weighted by Gasteiger charge is 2.46. The molecule has 0 aromatic carbocycles. The number of nitrogens with two attached hydrogens (primary N) is 1. The van der Waals surface area contributed by atoms with Gasteiger partial charge < -0.3 is 15.6 Å². The third-order valence-corrected chi connectivity index (χ3v) is 4.75. The van der Waals surface area contributed by atoms with Crippen LogP contribution in [0.2, 0.25) is 0 Å². The Balaban J connectivity index is 0.00000139. The first-order chi connectivity index (χ1) is 11.3. The Morgan fingerprint density at radius 3 is 2.67 bits per heavy atom. The summed E-state index contributed by atoms with van der Waals surface area (Å²) in [5, 5.41) is 18.0. The Hall–Kier alpha value is -2.05. The van der Waals surface area contributed by atoms with Crippen LogP contribution in [0.4, 0.5) is 13.8 Å². The predicted octanol–water partition coefficient (Wildman–Crippen LogP) is 3.32. The van der Waals surface area contributed by atoms with Gasteiger partial charge in [0.2, 0.25) is 0 Å². The zero-order valence-corrected chi connectivity index (χ0v) is 14.1. The van der Waals surface area contributed by atoms with Crippen molar-refractivity contribution in [2.24, 2.45) is 5.41 Å². The van der Waals surface area contributed by atoms with Crippen LogP contribution in [0.5, 0.6) is 0 Å². The molecule has 1 aromatic heterocycles.